The van der Waals surface area contributed by atoms with Crippen LogP contribution >= 0.6 is 0 Å². The molecule has 0 aliphatic carbocycles. The number of aryl methyl sites for hydroxylation is 2. The number of cyclic esters (lactones) is 4. The third-order valence-corrected chi connectivity index (χ3v) is 4.03. The minimum absolute atomic E-state index is 0.201. The Labute approximate surface area is 126 Å². The molecule has 0 radical (unpaired) electrons. The molecule has 1 aromatic rings. The van der Waals surface area contributed by atoms with Crippen molar-refractivity contribution in [2.45, 2.75) is 26.2 Å². The Kier molecular flexibility index (Phi) is 3.31. The largest absolute Gasteiger partial charge is 0.393 e. The Morgan fingerprint density at radius 3 is 2.05 bits per heavy atom. The molecule has 2 aliphatic heterocycles. The Balaban J connectivity index is 2.03. The number of rotatable bonds is 2. The lowest BCUT2D eigenvalue weighted by atomic mass is 9.78. The molecule has 114 valence electrons. The smallest absolute Gasteiger partial charge is 0.321 e. The maximum atomic E-state index is 12.1. The zero-order chi connectivity index (χ0) is 16.0. The van der Waals surface area contributed by atoms with Crippen LogP contribution in [0.1, 0.15) is 29.0 Å². The number of esters is 4. The molecule has 2 heterocycles. The SMILES string of the molecule is Cc1cc(C)cc(C2C(=O)OC(=O)C2C2CC(=O)OC2=O)c1. The zero-order valence-corrected chi connectivity index (χ0v) is 12.1. The Hall–Kier alpha value is -2.50. The number of hydrogen-bond donors (Lipinski definition) is 0. The van der Waals surface area contributed by atoms with Crippen molar-refractivity contribution in [3.63, 3.8) is 0 Å². The zero-order valence-electron chi connectivity index (χ0n) is 12.1. The van der Waals surface area contributed by atoms with E-state index in [-0.39, 0.29) is 6.42 Å². The second-order valence-corrected chi connectivity index (χ2v) is 5.77. The van der Waals surface area contributed by atoms with Gasteiger partial charge in [-0.05, 0) is 19.4 Å². The van der Waals surface area contributed by atoms with Crippen molar-refractivity contribution in [2.24, 2.45) is 11.8 Å². The van der Waals surface area contributed by atoms with E-state index in [2.05, 4.69) is 4.74 Å². The summed E-state index contributed by atoms with van der Waals surface area (Å²) in [5.74, 6) is -5.75. The fourth-order valence-electron chi connectivity index (χ4n) is 3.21. The van der Waals surface area contributed by atoms with Crippen molar-refractivity contribution in [1.82, 2.24) is 0 Å². The van der Waals surface area contributed by atoms with Gasteiger partial charge in [0, 0.05) is 0 Å². The maximum Gasteiger partial charge on any atom is 0.321 e. The molecule has 2 aliphatic rings. The summed E-state index contributed by atoms with van der Waals surface area (Å²) in [4.78, 5) is 47.2. The van der Waals surface area contributed by atoms with Gasteiger partial charge in [0.15, 0.2) is 0 Å². The summed E-state index contributed by atoms with van der Waals surface area (Å²) in [6.45, 7) is 3.75. The Morgan fingerprint density at radius 2 is 1.50 bits per heavy atom. The van der Waals surface area contributed by atoms with Crippen LogP contribution in [0.4, 0.5) is 0 Å². The monoisotopic (exact) mass is 302 g/mol. The van der Waals surface area contributed by atoms with E-state index in [4.69, 9.17) is 4.74 Å². The lowest BCUT2D eigenvalue weighted by Gasteiger charge is -2.17. The highest BCUT2D eigenvalue weighted by atomic mass is 16.6. The summed E-state index contributed by atoms with van der Waals surface area (Å²) in [6, 6.07) is 5.51. The number of carbonyl (C=O) groups excluding carboxylic acids is 4. The topological polar surface area (TPSA) is 86.7 Å². The van der Waals surface area contributed by atoms with E-state index < -0.39 is 41.6 Å². The molecule has 3 unspecified atom stereocenters. The van der Waals surface area contributed by atoms with Crippen molar-refractivity contribution in [3.05, 3.63) is 34.9 Å². The highest BCUT2D eigenvalue weighted by Gasteiger charge is 2.54. The summed E-state index contributed by atoms with van der Waals surface area (Å²) in [6.07, 6.45) is -0.201. The van der Waals surface area contributed by atoms with Gasteiger partial charge in [0.2, 0.25) is 0 Å². The van der Waals surface area contributed by atoms with E-state index in [0.29, 0.717) is 5.56 Å². The van der Waals surface area contributed by atoms with E-state index in [0.717, 1.165) is 11.1 Å². The van der Waals surface area contributed by atoms with Crippen LogP contribution in [0.15, 0.2) is 18.2 Å². The van der Waals surface area contributed by atoms with Gasteiger partial charge in [-0.1, -0.05) is 29.3 Å². The fourth-order valence-corrected chi connectivity index (χ4v) is 3.21. The van der Waals surface area contributed by atoms with Crippen molar-refractivity contribution in [3.8, 4) is 0 Å². The molecule has 0 bridgehead atoms. The van der Waals surface area contributed by atoms with Crippen LogP contribution in [0.3, 0.4) is 0 Å². The van der Waals surface area contributed by atoms with Gasteiger partial charge in [0.25, 0.3) is 0 Å². The molecule has 0 aromatic heterocycles. The van der Waals surface area contributed by atoms with Gasteiger partial charge in [0.05, 0.1) is 24.2 Å². The van der Waals surface area contributed by atoms with Crippen molar-refractivity contribution >= 4 is 23.9 Å². The highest BCUT2D eigenvalue weighted by Crippen LogP contribution is 2.41. The van der Waals surface area contributed by atoms with Gasteiger partial charge in [-0.15, -0.1) is 0 Å². The molecule has 6 nitrogen and oxygen atoms in total. The second-order valence-electron chi connectivity index (χ2n) is 5.77. The first kappa shape index (κ1) is 14.4. The summed E-state index contributed by atoms with van der Waals surface area (Å²) < 4.78 is 9.22. The highest BCUT2D eigenvalue weighted by molar-refractivity contribution is 6.04. The molecule has 1 aromatic carbocycles. The van der Waals surface area contributed by atoms with E-state index in [9.17, 15) is 19.2 Å². The van der Waals surface area contributed by atoms with Crippen molar-refractivity contribution < 1.29 is 28.7 Å². The molecule has 3 rings (SSSR count). The van der Waals surface area contributed by atoms with Gasteiger partial charge in [-0.25, -0.2) is 0 Å². The van der Waals surface area contributed by atoms with E-state index in [1.54, 1.807) is 12.1 Å². The summed E-state index contributed by atoms with van der Waals surface area (Å²) in [7, 11) is 0. The third kappa shape index (κ3) is 2.30. The molecule has 22 heavy (non-hydrogen) atoms. The predicted molar refractivity (Wildman–Crippen MR) is 72.5 cm³/mol. The normalized spacial score (nSPS) is 28.0. The van der Waals surface area contributed by atoms with E-state index in [1.165, 1.54) is 0 Å². The predicted octanol–water partition coefficient (Wildman–Crippen LogP) is 1.18. The molecule has 0 N–H and O–H groups in total. The molecule has 2 fully saturated rings. The van der Waals surface area contributed by atoms with Crippen LogP contribution in [-0.4, -0.2) is 23.9 Å². The minimum atomic E-state index is -1.01. The third-order valence-electron chi connectivity index (χ3n) is 4.03. The molecular formula is C16H14O6. The molecule has 0 saturated carbocycles. The molecule has 0 amide bonds. The Bertz CT molecular complexity index is 684. The molecule has 2 saturated heterocycles. The molecule has 6 heteroatoms. The minimum Gasteiger partial charge on any atom is -0.393 e. The first-order chi connectivity index (χ1) is 10.4. The number of carbonyl (C=O) groups is 4. The summed E-state index contributed by atoms with van der Waals surface area (Å²) >= 11 is 0. The maximum absolute atomic E-state index is 12.1. The second kappa shape index (κ2) is 5.05. The lowest BCUT2D eigenvalue weighted by Crippen LogP contribution is -2.28. The summed E-state index contributed by atoms with van der Waals surface area (Å²) in [5, 5.41) is 0. The van der Waals surface area contributed by atoms with Crippen LogP contribution < -0.4 is 0 Å². The number of benzene rings is 1. The first-order valence-electron chi connectivity index (χ1n) is 6.95. The van der Waals surface area contributed by atoms with Gasteiger partial charge in [-0.2, -0.15) is 0 Å². The average Bonchev–Trinajstić information content (AvgIpc) is 2.86. The number of ether oxygens (including phenoxy) is 2. The van der Waals surface area contributed by atoms with Gasteiger partial charge >= 0.3 is 23.9 Å². The molecular weight excluding hydrogens is 288 g/mol. The van der Waals surface area contributed by atoms with Crippen LogP contribution in [0, 0.1) is 25.7 Å². The molecule has 0 spiro atoms. The quantitative estimate of drug-likeness (QED) is 0.602. The molecule has 3 atom stereocenters. The van der Waals surface area contributed by atoms with E-state index in [1.807, 2.05) is 19.9 Å². The van der Waals surface area contributed by atoms with Crippen LogP contribution in [0.25, 0.3) is 0 Å². The van der Waals surface area contributed by atoms with Crippen molar-refractivity contribution in [2.75, 3.05) is 0 Å². The lowest BCUT2D eigenvalue weighted by molar-refractivity contribution is -0.158. The van der Waals surface area contributed by atoms with Gasteiger partial charge < -0.3 is 9.47 Å². The standard InChI is InChI=1S/C16H14O6/c1-7-3-8(2)5-9(4-7)12-13(16(20)22-15(12)19)10-6-11(17)21-14(10)18/h3-5,10,12-13H,6H2,1-2H3. The van der Waals surface area contributed by atoms with E-state index >= 15 is 0 Å². The summed E-state index contributed by atoms with van der Waals surface area (Å²) in [5.41, 5.74) is 2.49. The van der Waals surface area contributed by atoms with Crippen LogP contribution in [0.2, 0.25) is 0 Å². The fraction of sp³-hybridized carbons (Fsp3) is 0.375. The average molecular weight is 302 g/mol. The Morgan fingerprint density at radius 1 is 0.864 bits per heavy atom. The van der Waals surface area contributed by atoms with Gasteiger partial charge in [0.1, 0.15) is 0 Å². The van der Waals surface area contributed by atoms with Crippen LogP contribution in [0.5, 0.6) is 0 Å². The first-order valence-corrected chi connectivity index (χ1v) is 6.95. The van der Waals surface area contributed by atoms with Crippen molar-refractivity contribution in [1.29, 1.82) is 0 Å². The number of hydrogen-bond acceptors (Lipinski definition) is 6. The van der Waals surface area contributed by atoms with Crippen LogP contribution in [-0.2, 0) is 28.7 Å². The van der Waals surface area contributed by atoms with Gasteiger partial charge in [-0.3, -0.25) is 19.2 Å².